The van der Waals surface area contributed by atoms with Gasteiger partial charge in [-0.25, -0.2) is 4.99 Å². The quantitative estimate of drug-likeness (QED) is 0.315. The van der Waals surface area contributed by atoms with E-state index in [-0.39, 0.29) is 0 Å². The molecular weight excluding hydrogens is 352 g/mol. The van der Waals surface area contributed by atoms with Crippen LogP contribution in [0.2, 0.25) is 0 Å². The maximum atomic E-state index is 5.74. The summed E-state index contributed by atoms with van der Waals surface area (Å²) in [5.41, 5.74) is 3.47. The van der Waals surface area contributed by atoms with Crippen LogP contribution in [0.15, 0.2) is 53.5 Å². The molecule has 0 aliphatic rings. The van der Waals surface area contributed by atoms with Crippen LogP contribution >= 0.6 is 0 Å². The molecule has 0 unspecified atom stereocenters. The molecule has 0 amide bonds. The van der Waals surface area contributed by atoms with Gasteiger partial charge >= 0.3 is 0 Å². The van der Waals surface area contributed by atoms with Gasteiger partial charge in [-0.1, -0.05) is 29.8 Å². The molecule has 0 aliphatic carbocycles. The molecule has 2 rings (SSSR count). The van der Waals surface area contributed by atoms with Crippen molar-refractivity contribution in [3.05, 3.63) is 59.7 Å². The Morgan fingerprint density at radius 2 is 1.68 bits per heavy atom. The predicted molar refractivity (Wildman–Crippen MR) is 116 cm³/mol. The summed E-state index contributed by atoms with van der Waals surface area (Å²) in [6.45, 7) is 8.30. The number of anilines is 1. The Morgan fingerprint density at radius 3 is 2.36 bits per heavy atom. The lowest BCUT2D eigenvalue weighted by atomic mass is 10.2. The molecule has 0 saturated heterocycles. The Hall–Kier alpha value is -2.73. The largest absolute Gasteiger partial charge is 0.492 e. The van der Waals surface area contributed by atoms with Gasteiger partial charge in [0, 0.05) is 25.9 Å². The van der Waals surface area contributed by atoms with E-state index < -0.39 is 0 Å². The predicted octanol–water partition coefficient (Wildman–Crippen LogP) is 3.19. The van der Waals surface area contributed by atoms with E-state index in [1.807, 2.05) is 24.3 Å². The number of benzene rings is 2. The smallest absolute Gasteiger partial charge is 0.191 e. The standard InChI is InChI=1S/C22H32N4O2/c1-4-23-22(25-14-16-28-21-11-5-18(2)6-12-21)26-17-19-7-9-20(10-8-19)24-13-15-27-3/h5-12,24H,4,13-17H2,1-3H3,(H2,23,25,26). The van der Waals surface area contributed by atoms with E-state index in [9.17, 15) is 0 Å². The SMILES string of the molecule is CCNC(=NCc1ccc(NCCOC)cc1)NCCOc1ccc(C)cc1. The first-order valence-corrected chi connectivity index (χ1v) is 9.74. The minimum Gasteiger partial charge on any atom is -0.492 e. The molecule has 0 fully saturated rings. The first-order valence-electron chi connectivity index (χ1n) is 9.74. The molecule has 0 heterocycles. The van der Waals surface area contributed by atoms with Crippen LogP contribution in [0.1, 0.15) is 18.1 Å². The number of guanidine groups is 1. The van der Waals surface area contributed by atoms with Gasteiger partial charge < -0.3 is 25.4 Å². The Bertz CT molecular complexity index is 699. The van der Waals surface area contributed by atoms with Gasteiger partial charge in [-0.15, -0.1) is 0 Å². The minimum atomic E-state index is 0.579. The molecule has 0 atom stereocenters. The van der Waals surface area contributed by atoms with E-state index >= 15 is 0 Å². The fourth-order valence-corrected chi connectivity index (χ4v) is 2.51. The van der Waals surface area contributed by atoms with Crippen LogP contribution in [0, 0.1) is 6.92 Å². The first kappa shape index (κ1) is 21.6. The third kappa shape index (κ3) is 8.31. The molecule has 0 aliphatic heterocycles. The second-order valence-corrected chi connectivity index (χ2v) is 6.40. The number of nitrogens with one attached hydrogen (secondary N) is 3. The Balaban J connectivity index is 1.76. The van der Waals surface area contributed by atoms with Crippen LogP contribution in [0.4, 0.5) is 5.69 Å². The monoisotopic (exact) mass is 384 g/mol. The molecule has 152 valence electrons. The average molecular weight is 385 g/mol. The molecule has 0 aromatic heterocycles. The van der Waals surface area contributed by atoms with Gasteiger partial charge in [-0.2, -0.15) is 0 Å². The lowest BCUT2D eigenvalue weighted by Gasteiger charge is -2.12. The number of aliphatic imine (C=N–C) groups is 1. The van der Waals surface area contributed by atoms with Crippen molar-refractivity contribution < 1.29 is 9.47 Å². The molecule has 28 heavy (non-hydrogen) atoms. The summed E-state index contributed by atoms with van der Waals surface area (Å²) in [6, 6.07) is 16.4. The Morgan fingerprint density at radius 1 is 0.929 bits per heavy atom. The molecule has 3 N–H and O–H groups in total. The van der Waals surface area contributed by atoms with Gasteiger partial charge in [-0.05, 0) is 43.7 Å². The normalized spacial score (nSPS) is 11.2. The summed E-state index contributed by atoms with van der Waals surface area (Å²) in [7, 11) is 1.70. The number of aryl methyl sites for hydroxylation is 1. The summed E-state index contributed by atoms with van der Waals surface area (Å²) in [4.78, 5) is 4.64. The first-order chi connectivity index (χ1) is 13.7. The van der Waals surface area contributed by atoms with Gasteiger partial charge in [0.05, 0.1) is 19.7 Å². The van der Waals surface area contributed by atoms with Gasteiger partial charge in [0.25, 0.3) is 0 Å². The molecule has 0 bridgehead atoms. The highest BCUT2D eigenvalue weighted by Gasteiger charge is 1.99. The van der Waals surface area contributed by atoms with Crippen LogP contribution in [0.25, 0.3) is 0 Å². The van der Waals surface area contributed by atoms with E-state index in [0.717, 1.165) is 36.0 Å². The van der Waals surface area contributed by atoms with Crippen molar-refractivity contribution in [2.45, 2.75) is 20.4 Å². The van der Waals surface area contributed by atoms with Crippen molar-refractivity contribution in [1.29, 1.82) is 0 Å². The highest BCUT2D eigenvalue weighted by atomic mass is 16.5. The van der Waals surface area contributed by atoms with Crippen molar-refractivity contribution in [3.63, 3.8) is 0 Å². The summed E-state index contributed by atoms with van der Waals surface area (Å²) >= 11 is 0. The zero-order valence-corrected chi connectivity index (χ0v) is 17.1. The maximum absolute atomic E-state index is 5.74. The van der Waals surface area contributed by atoms with E-state index in [1.54, 1.807) is 7.11 Å². The van der Waals surface area contributed by atoms with Gasteiger partial charge in [0.2, 0.25) is 0 Å². The molecule has 0 spiro atoms. The molecule has 0 saturated carbocycles. The molecule has 6 nitrogen and oxygen atoms in total. The average Bonchev–Trinajstić information content (AvgIpc) is 2.72. The molecule has 6 heteroatoms. The summed E-state index contributed by atoms with van der Waals surface area (Å²) in [5, 5.41) is 9.88. The number of ether oxygens (including phenoxy) is 2. The van der Waals surface area contributed by atoms with E-state index in [0.29, 0.717) is 26.3 Å². The van der Waals surface area contributed by atoms with Crippen LogP contribution in [0.3, 0.4) is 0 Å². The van der Waals surface area contributed by atoms with Crippen molar-refractivity contribution in [3.8, 4) is 5.75 Å². The number of hydrogen-bond donors (Lipinski definition) is 3. The lowest BCUT2D eigenvalue weighted by Crippen LogP contribution is -2.39. The fourth-order valence-electron chi connectivity index (χ4n) is 2.51. The number of methoxy groups -OCH3 is 1. The maximum Gasteiger partial charge on any atom is 0.191 e. The van der Waals surface area contributed by atoms with Crippen LogP contribution in [-0.4, -0.2) is 45.9 Å². The van der Waals surface area contributed by atoms with Gasteiger partial charge in [-0.3, -0.25) is 0 Å². The fraction of sp³-hybridized carbons (Fsp3) is 0.409. The highest BCUT2D eigenvalue weighted by molar-refractivity contribution is 5.79. The van der Waals surface area contributed by atoms with E-state index in [4.69, 9.17) is 9.47 Å². The Kier molecular flexibility index (Phi) is 9.72. The van der Waals surface area contributed by atoms with E-state index in [2.05, 4.69) is 59.1 Å². The minimum absolute atomic E-state index is 0.579. The van der Waals surface area contributed by atoms with Crippen LogP contribution < -0.4 is 20.7 Å². The highest BCUT2D eigenvalue weighted by Crippen LogP contribution is 2.11. The van der Waals surface area contributed by atoms with Crippen LogP contribution in [0.5, 0.6) is 5.75 Å². The van der Waals surface area contributed by atoms with Gasteiger partial charge in [0.1, 0.15) is 12.4 Å². The number of hydrogen-bond acceptors (Lipinski definition) is 4. The zero-order chi connectivity index (χ0) is 20.0. The zero-order valence-electron chi connectivity index (χ0n) is 17.1. The summed E-state index contributed by atoms with van der Waals surface area (Å²) in [5.74, 6) is 1.67. The lowest BCUT2D eigenvalue weighted by molar-refractivity contribution is 0.211. The second-order valence-electron chi connectivity index (χ2n) is 6.40. The molecule has 0 radical (unpaired) electrons. The molecule has 2 aromatic rings. The van der Waals surface area contributed by atoms with Crippen molar-refractivity contribution in [2.24, 2.45) is 4.99 Å². The second kappa shape index (κ2) is 12.6. The third-order valence-corrected chi connectivity index (χ3v) is 4.04. The molecular formula is C22H32N4O2. The number of nitrogens with zero attached hydrogens (tertiary/aromatic N) is 1. The third-order valence-electron chi connectivity index (χ3n) is 4.04. The van der Waals surface area contributed by atoms with Crippen molar-refractivity contribution in [1.82, 2.24) is 10.6 Å². The van der Waals surface area contributed by atoms with E-state index in [1.165, 1.54) is 5.56 Å². The van der Waals surface area contributed by atoms with Gasteiger partial charge in [0.15, 0.2) is 5.96 Å². The number of rotatable bonds is 11. The van der Waals surface area contributed by atoms with Crippen LogP contribution in [-0.2, 0) is 11.3 Å². The summed E-state index contributed by atoms with van der Waals surface area (Å²) in [6.07, 6.45) is 0. The van der Waals surface area contributed by atoms with Crippen molar-refractivity contribution in [2.75, 3.05) is 45.3 Å². The van der Waals surface area contributed by atoms with Crippen molar-refractivity contribution >= 4 is 11.6 Å². The Labute approximate surface area is 168 Å². The topological polar surface area (TPSA) is 66.9 Å². The molecule has 2 aromatic carbocycles. The summed E-state index contributed by atoms with van der Waals surface area (Å²) < 4.78 is 10.8.